The summed E-state index contributed by atoms with van der Waals surface area (Å²) in [5.41, 5.74) is 3.51. The second kappa shape index (κ2) is 17.4. The minimum Gasteiger partial charge on any atom is -0.480 e. The van der Waals surface area contributed by atoms with Crippen molar-refractivity contribution in [3.63, 3.8) is 0 Å². The maximum Gasteiger partial charge on any atom is 0.327 e. The van der Waals surface area contributed by atoms with Crippen LogP contribution in [0.5, 0.6) is 0 Å². The molecule has 0 bridgehead atoms. The van der Waals surface area contributed by atoms with Crippen molar-refractivity contribution in [2.45, 2.75) is 98.8 Å². The number of carbonyl (C=O) groups is 3. The van der Waals surface area contributed by atoms with Gasteiger partial charge in [-0.25, -0.2) is 4.79 Å². The maximum atomic E-state index is 12.6. The molecule has 0 spiro atoms. The van der Waals surface area contributed by atoms with Crippen molar-refractivity contribution in [1.82, 2.24) is 10.6 Å². The zero-order valence-corrected chi connectivity index (χ0v) is 23.6. The first-order valence-electron chi connectivity index (χ1n) is 12.2. The van der Waals surface area contributed by atoms with Crippen molar-refractivity contribution in [3.05, 3.63) is 34.9 Å². The van der Waals surface area contributed by atoms with Crippen LogP contribution < -0.4 is 10.6 Å². The third-order valence-electron chi connectivity index (χ3n) is 4.95. The monoisotopic (exact) mass is 510 g/mol. The van der Waals surface area contributed by atoms with E-state index in [0.717, 1.165) is 25.7 Å². The van der Waals surface area contributed by atoms with Crippen molar-refractivity contribution >= 4 is 29.5 Å². The van der Waals surface area contributed by atoms with E-state index in [1.165, 1.54) is 35.4 Å². The summed E-state index contributed by atoms with van der Waals surface area (Å²) in [6.45, 7) is 15.3. The molecule has 0 rings (SSSR count). The Kier molecular flexibility index (Phi) is 16.4. The third kappa shape index (κ3) is 18.9. The number of carbonyl (C=O) groups excluding carboxylic acids is 2. The summed E-state index contributed by atoms with van der Waals surface area (Å²) >= 11 is 1.44. The minimum atomic E-state index is -1.11. The van der Waals surface area contributed by atoms with Gasteiger partial charge in [0, 0.05) is 18.4 Å². The molecule has 0 saturated carbocycles. The van der Waals surface area contributed by atoms with Crippen LogP contribution in [0.1, 0.15) is 81.1 Å². The van der Waals surface area contributed by atoms with Crippen LogP contribution in [0.2, 0.25) is 0 Å². The fourth-order valence-corrected chi connectivity index (χ4v) is 3.93. The minimum absolute atomic E-state index is 0.0425. The highest BCUT2D eigenvalue weighted by atomic mass is 32.2. The van der Waals surface area contributed by atoms with E-state index < -0.39 is 29.6 Å². The molecule has 200 valence electrons. The Labute approximate surface area is 216 Å². The summed E-state index contributed by atoms with van der Waals surface area (Å²) in [4.78, 5) is 35.8. The molecule has 3 N–H and O–H groups in total. The van der Waals surface area contributed by atoms with Crippen LogP contribution in [0.25, 0.3) is 0 Å². The van der Waals surface area contributed by atoms with Crippen LogP contribution in [0.15, 0.2) is 34.9 Å². The summed E-state index contributed by atoms with van der Waals surface area (Å²) in [6, 6.07) is -2.02. The Morgan fingerprint density at radius 1 is 0.886 bits per heavy atom. The van der Waals surface area contributed by atoms with E-state index in [2.05, 4.69) is 56.6 Å². The van der Waals surface area contributed by atoms with Gasteiger partial charge in [-0.1, -0.05) is 34.9 Å². The molecule has 0 radical (unpaired) electrons. The van der Waals surface area contributed by atoms with Crippen molar-refractivity contribution in [2.75, 3.05) is 18.1 Å². The molecule has 2 unspecified atom stereocenters. The molecule has 8 heteroatoms. The number of rotatable bonds is 16. The van der Waals surface area contributed by atoms with Gasteiger partial charge in [0.2, 0.25) is 11.8 Å². The largest absolute Gasteiger partial charge is 0.480 e. The van der Waals surface area contributed by atoms with Gasteiger partial charge in [-0.05, 0) is 74.1 Å². The molecular weight excluding hydrogens is 464 g/mol. The average molecular weight is 511 g/mol. The van der Waals surface area contributed by atoms with Gasteiger partial charge in [0.05, 0.1) is 12.2 Å². The van der Waals surface area contributed by atoms with Crippen LogP contribution in [-0.2, 0) is 19.1 Å². The number of hydrogen-bond acceptors (Lipinski definition) is 5. The van der Waals surface area contributed by atoms with Crippen LogP contribution in [0, 0.1) is 0 Å². The number of thioether (sulfide) groups is 1. The SMILES string of the molecule is CC(=O)NC(COC(C)(C)C)C(=O)NC(CSC/C=C(\C)CC/C=C(\C)CCC=C(C)C)C(=O)O. The fourth-order valence-electron chi connectivity index (χ4n) is 2.93. The molecule has 0 aromatic rings. The van der Waals surface area contributed by atoms with Gasteiger partial charge in [0.15, 0.2) is 0 Å². The molecule has 2 atom stereocenters. The van der Waals surface area contributed by atoms with Gasteiger partial charge in [-0.15, -0.1) is 0 Å². The van der Waals surface area contributed by atoms with Gasteiger partial charge in [0.25, 0.3) is 0 Å². The summed E-state index contributed by atoms with van der Waals surface area (Å²) in [7, 11) is 0. The molecule has 35 heavy (non-hydrogen) atoms. The highest BCUT2D eigenvalue weighted by Crippen LogP contribution is 2.13. The zero-order chi connectivity index (χ0) is 27.0. The lowest BCUT2D eigenvalue weighted by atomic mass is 10.1. The summed E-state index contributed by atoms with van der Waals surface area (Å²) in [5.74, 6) is -1.19. The number of allylic oxidation sites excluding steroid dienone is 5. The Morgan fingerprint density at radius 2 is 1.46 bits per heavy atom. The predicted molar refractivity (Wildman–Crippen MR) is 146 cm³/mol. The van der Waals surface area contributed by atoms with Gasteiger partial charge >= 0.3 is 5.97 Å². The number of ether oxygens (including phenoxy) is 1. The summed E-state index contributed by atoms with van der Waals surface area (Å²) < 4.78 is 5.61. The maximum absolute atomic E-state index is 12.6. The van der Waals surface area contributed by atoms with E-state index in [-0.39, 0.29) is 18.3 Å². The Bertz CT molecular complexity index is 777. The second-order valence-corrected chi connectivity index (χ2v) is 11.1. The Morgan fingerprint density at radius 3 is 1.97 bits per heavy atom. The molecule has 0 aromatic carbocycles. The molecule has 0 heterocycles. The first-order valence-corrected chi connectivity index (χ1v) is 13.3. The Hall–Kier alpha value is -2.06. The molecule has 0 aliphatic heterocycles. The van der Waals surface area contributed by atoms with E-state index in [1.807, 2.05) is 20.8 Å². The molecule has 0 aromatic heterocycles. The molecule has 0 fully saturated rings. The zero-order valence-electron chi connectivity index (χ0n) is 22.8. The van der Waals surface area contributed by atoms with Gasteiger partial charge < -0.3 is 20.5 Å². The number of hydrogen-bond donors (Lipinski definition) is 3. The van der Waals surface area contributed by atoms with E-state index >= 15 is 0 Å². The van der Waals surface area contributed by atoms with E-state index in [4.69, 9.17) is 4.74 Å². The van der Waals surface area contributed by atoms with E-state index in [0.29, 0.717) is 5.75 Å². The fraction of sp³-hybridized carbons (Fsp3) is 0.667. The number of carboxylic acid groups (broad SMARTS) is 1. The highest BCUT2D eigenvalue weighted by molar-refractivity contribution is 7.99. The van der Waals surface area contributed by atoms with Crippen molar-refractivity contribution in [1.29, 1.82) is 0 Å². The lowest BCUT2D eigenvalue weighted by Gasteiger charge is -2.25. The van der Waals surface area contributed by atoms with Crippen molar-refractivity contribution in [3.8, 4) is 0 Å². The molecule has 7 nitrogen and oxygen atoms in total. The predicted octanol–water partition coefficient (Wildman–Crippen LogP) is 5.03. The number of carboxylic acids is 1. The number of nitrogens with one attached hydrogen (secondary N) is 2. The van der Waals surface area contributed by atoms with E-state index in [9.17, 15) is 19.5 Å². The molecule has 0 aliphatic carbocycles. The third-order valence-corrected chi connectivity index (χ3v) is 5.92. The van der Waals surface area contributed by atoms with Crippen molar-refractivity contribution < 1.29 is 24.2 Å². The first-order chi connectivity index (χ1) is 16.2. The van der Waals surface area contributed by atoms with Crippen LogP contribution in [-0.4, -0.2) is 58.7 Å². The Balaban J connectivity index is 4.65. The number of amides is 2. The lowest BCUT2D eigenvalue weighted by molar-refractivity contribution is -0.142. The van der Waals surface area contributed by atoms with Crippen molar-refractivity contribution in [2.24, 2.45) is 0 Å². The van der Waals surface area contributed by atoms with Gasteiger partial charge in [-0.3, -0.25) is 9.59 Å². The standard InChI is InChI=1S/C27H46N2O5S/c1-19(2)11-9-12-20(3)13-10-14-21(4)15-16-35-18-24(26(32)33)29-25(31)23(28-22(5)30)17-34-27(6,7)8/h11,13,15,23-24H,9-10,12,14,16-18H2,1-8H3,(H,28,30)(H,29,31)(H,32,33)/b20-13+,21-15+. The van der Waals surface area contributed by atoms with Gasteiger partial charge in [0.1, 0.15) is 12.1 Å². The van der Waals surface area contributed by atoms with Crippen LogP contribution in [0.3, 0.4) is 0 Å². The van der Waals surface area contributed by atoms with Crippen LogP contribution >= 0.6 is 11.8 Å². The second-order valence-electron chi connectivity index (χ2n) is 10.1. The summed E-state index contributed by atoms with van der Waals surface area (Å²) in [5, 5.41) is 14.6. The average Bonchev–Trinajstić information content (AvgIpc) is 2.71. The van der Waals surface area contributed by atoms with E-state index in [1.54, 1.807) is 0 Å². The van der Waals surface area contributed by atoms with Gasteiger partial charge in [-0.2, -0.15) is 11.8 Å². The topological polar surface area (TPSA) is 105 Å². The first kappa shape index (κ1) is 32.9. The van der Waals surface area contributed by atoms with Crippen LogP contribution in [0.4, 0.5) is 0 Å². The normalized spacial score (nSPS) is 14.2. The molecule has 0 aliphatic rings. The molecule has 0 saturated heterocycles. The smallest absolute Gasteiger partial charge is 0.327 e. The molecule has 2 amide bonds. The quantitative estimate of drug-likeness (QED) is 0.199. The number of aliphatic carboxylic acids is 1. The lowest BCUT2D eigenvalue weighted by Crippen LogP contribution is -2.54. The molecular formula is C27H46N2O5S. The summed E-state index contributed by atoms with van der Waals surface area (Å²) in [6.07, 6.45) is 10.8. The highest BCUT2D eigenvalue weighted by Gasteiger charge is 2.27.